The maximum absolute atomic E-state index is 11.4. The third kappa shape index (κ3) is 4.57. The minimum absolute atomic E-state index is 0.0190. The molecule has 1 rings (SSSR count). The van der Waals surface area contributed by atoms with Gasteiger partial charge in [0.25, 0.3) is 5.56 Å². The summed E-state index contributed by atoms with van der Waals surface area (Å²) in [5.74, 6) is 0.666. The van der Waals surface area contributed by atoms with E-state index in [1.54, 1.807) is 12.1 Å². The van der Waals surface area contributed by atoms with E-state index >= 15 is 0 Å². The summed E-state index contributed by atoms with van der Waals surface area (Å²) >= 11 is 0. The number of aryl methyl sites for hydroxylation is 2. The molecule has 0 radical (unpaired) electrons. The van der Waals surface area contributed by atoms with Gasteiger partial charge in [-0.3, -0.25) is 4.79 Å². The summed E-state index contributed by atoms with van der Waals surface area (Å²) in [4.78, 5) is 11.4. The van der Waals surface area contributed by atoms with Crippen molar-refractivity contribution in [3.05, 3.63) is 28.2 Å². The van der Waals surface area contributed by atoms with Crippen molar-refractivity contribution in [3.63, 3.8) is 0 Å². The molecule has 0 saturated carbocycles. The molecule has 4 heteroatoms. The van der Waals surface area contributed by atoms with Crippen LogP contribution in [0.4, 0.5) is 0 Å². The fraction of sp³-hybridized carbons (Fsp3) is 0.667. The zero-order valence-corrected chi connectivity index (χ0v) is 10.4. The first-order chi connectivity index (χ1) is 7.59. The predicted molar refractivity (Wildman–Crippen MR) is 65.6 cm³/mol. The molecule has 0 unspecified atom stereocenters. The zero-order chi connectivity index (χ0) is 12.0. The van der Waals surface area contributed by atoms with Crippen LogP contribution in [-0.4, -0.2) is 22.9 Å². The zero-order valence-electron chi connectivity index (χ0n) is 10.4. The second-order valence-corrected chi connectivity index (χ2v) is 4.49. The van der Waals surface area contributed by atoms with Gasteiger partial charge in [-0.15, -0.1) is 0 Å². The molecule has 0 amide bonds. The van der Waals surface area contributed by atoms with Gasteiger partial charge in [0.15, 0.2) is 0 Å². The van der Waals surface area contributed by atoms with E-state index in [9.17, 15) is 4.79 Å². The van der Waals surface area contributed by atoms with Crippen LogP contribution >= 0.6 is 0 Å². The van der Waals surface area contributed by atoms with Gasteiger partial charge >= 0.3 is 0 Å². The van der Waals surface area contributed by atoms with E-state index in [0.717, 1.165) is 25.2 Å². The molecule has 0 aromatic carbocycles. The molecule has 4 nitrogen and oxygen atoms in total. The van der Waals surface area contributed by atoms with Gasteiger partial charge in [-0.2, -0.15) is 5.10 Å². The van der Waals surface area contributed by atoms with Crippen LogP contribution < -0.4 is 10.9 Å². The van der Waals surface area contributed by atoms with E-state index in [1.165, 1.54) is 4.68 Å². The Bertz CT molecular complexity index is 371. The highest BCUT2D eigenvalue weighted by Crippen LogP contribution is 1.90. The Morgan fingerprint density at radius 1 is 1.44 bits per heavy atom. The highest BCUT2D eigenvalue weighted by Gasteiger charge is 1.98. The lowest BCUT2D eigenvalue weighted by Gasteiger charge is -2.08. The topological polar surface area (TPSA) is 46.9 Å². The molecule has 0 atom stereocenters. The van der Waals surface area contributed by atoms with E-state index in [-0.39, 0.29) is 5.56 Å². The van der Waals surface area contributed by atoms with Gasteiger partial charge in [-0.05, 0) is 38.4 Å². The van der Waals surface area contributed by atoms with E-state index in [4.69, 9.17) is 0 Å². The molecule has 1 N–H and O–H groups in total. The summed E-state index contributed by atoms with van der Waals surface area (Å²) < 4.78 is 1.53. The molecular weight excluding hydrogens is 202 g/mol. The number of hydrogen-bond acceptors (Lipinski definition) is 3. The summed E-state index contributed by atoms with van der Waals surface area (Å²) in [6.07, 6.45) is 0.934. The summed E-state index contributed by atoms with van der Waals surface area (Å²) in [5.41, 5.74) is 0.865. The molecule has 1 aromatic rings. The third-order valence-electron chi connectivity index (χ3n) is 2.28. The predicted octanol–water partition coefficient (Wildman–Crippen LogP) is 1.19. The second kappa shape index (κ2) is 6.43. The second-order valence-electron chi connectivity index (χ2n) is 4.49. The Labute approximate surface area is 96.7 Å². The number of aromatic nitrogens is 2. The summed E-state index contributed by atoms with van der Waals surface area (Å²) in [6, 6.07) is 3.32. The van der Waals surface area contributed by atoms with Gasteiger partial charge in [0, 0.05) is 12.6 Å². The molecule has 90 valence electrons. The molecule has 0 fully saturated rings. The molecule has 16 heavy (non-hydrogen) atoms. The first-order valence-corrected chi connectivity index (χ1v) is 5.85. The van der Waals surface area contributed by atoms with Gasteiger partial charge in [0.05, 0.1) is 5.69 Å². The van der Waals surface area contributed by atoms with Crippen molar-refractivity contribution >= 4 is 0 Å². The largest absolute Gasteiger partial charge is 0.316 e. The Morgan fingerprint density at radius 3 is 2.88 bits per heavy atom. The summed E-state index contributed by atoms with van der Waals surface area (Å²) in [5, 5.41) is 7.53. The van der Waals surface area contributed by atoms with Crippen LogP contribution in [0.15, 0.2) is 16.9 Å². The lowest BCUT2D eigenvalue weighted by atomic mass is 10.2. The molecule has 0 aliphatic rings. The van der Waals surface area contributed by atoms with Crippen molar-refractivity contribution in [2.24, 2.45) is 5.92 Å². The monoisotopic (exact) mass is 223 g/mol. The number of nitrogens with one attached hydrogen (secondary N) is 1. The van der Waals surface area contributed by atoms with Crippen LogP contribution in [0.25, 0.3) is 0 Å². The molecular formula is C12H21N3O. The van der Waals surface area contributed by atoms with Crippen LogP contribution in [0.3, 0.4) is 0 Å². The van der Waals surface area contributed by atoms with Crippen molar-refractivity contribution in [2.75, 3.05) is 13.1 Å². The third-order valence-corrected chi connectivity index (χ3v) is 2.28. The number of nitrogens with zero attached hydrogens (tertiary/aromatic N) is 2. The molecule has 0 saturated heterocycles. The SMILES string of the molecule is Cc1ccc(=O)n(CCCNCC(C)C)n1. The van der Waals surface area contributed by atoms with Gasteiger partial charge in [0.2, 0.25) is 0 Å². The van der Waals surface area contributed by atoms with Gasteiger partial charge in [0.1, 0.15) is 0 Å². The van der Waals surface area contributed by atoms with Crippen LogP contribution in [-0.2, 0) is 6.54 Å². The van der Waals surface area contributed by atoms with E-state index < -0.39 is 0 Å². The van der Waals surface area contributed by atoms with E-state index in [2.05, 4.69) is 24.3 Å². The fourth-order valence-electron chi connectivity index (χ4n) is 1.46. The van der Waals surface area contributed by atoms with E-state index in [0.29, 0.717) is 12.5 Å². The molecule has 0 spiro atoms. The van der Waals surface area contributed by atoms with Gasteiger partial charge in [-0.1, -0.05) is 13.8 Å². The molecule has 1 aromatic heterocycles. The minimum atomic E-state index is -0.0190. The van der Waals surface area contributed by atoms with Crippen molar-refractivity contribution in [1.29, 1.82) is 0 Å². The lowest BCUT2D eigenvalue weighted by Crippen LogP contribution is -2.26. The highest BCUT2D eigenvalue weighted by atomic mass is 16.1. The van der Waals surface area contributed by atoms with Crippen LogP contribution in [0.5, 0.6) is 0 Å². The average molecular weight is 223 g/mol. The number of rotatable bonds is 6. The van der Waals surface area contributed by atoms with Crippen molar-refractivity contribution in [2.45, 2.75) is 33.7 Å². The first-order valence-electron chi connectivity index (χ1n) is 5.85. The van der Waals surface area contributed by atoms with Crippen molar-refractivity contribution in [3.8, 4) is 0 Å². The fourth-order valence-corrected chi connectivity index (χ4v) is 1.46. The first kappa shape index (κ1) is 12.9. The maximum Gasteiger partial charge on any atom is 0.266 e. The highest BCUT2D eigenvalue weighted by molar-refractivity contribution is 4.96. The molecule has 1 heterocycles. The Morgan fingerprint density at radius 2 is 2.19 bits per heavy atom. The van der Waals surface area contributed by atoms with Crippen LogP contribution in [0.1, 0.15) is 26.0 Å². The summed E-state index contributed by atoms with van der Waals surface area (Å²) in [6.45, 7) is 8.90. The lowest BCUT2D eigenvalue weighted by molar-refractivity contribution is 0.493. The summed E-state index contributed by atoms with van der Waals surface area (Å²) in [7, 11) is 0. The van der Waals surface area contributed by atoms with Crippen LogP contribution in [0.2, 0.25) is 0 Å². The number of hydrogen-bond donors (Lipinski definition) is 1. The van der Waals surface area contributed by atoms with Crippen molar-refractivity contribution < 1.29 is 0 Å². The standard InChI is InChI=1S/C12H21N3O/c1-10(2)9-13-7-4-8-15-12(16)6-5-11(3)14-15/h5-6,10,13H,4,7-9H2,1-3H3. The normalized spacial score (nSPS) is 11.0. The molecule has 0 bridgehead atoms. The average Bonchev–Trinajstić information content (AvgIpc) is 2.22. The van der Waals surface area contributed by atoms with Gasteiger partial charge in [-0.25, -0.2) is 4.68 Å². The van der Waals surface area contributed by atoms with Crippen molar-refractivity contribution in [1.82, 2.24) is 15.1 Å². The molecule has 0 aliphatic heterocycles. The minimum Gasteiger partial charge on any atom is -0.316 e. The smallest absolute Gasteiger partial charge is 0.266 e. The van der Waals surface area contributed by atoms with Gasteiger partial charge < -0.3 is 5.32 Å². The maximum atomic E-state index is 11.4. The molecule has 0 aliphatic carbocycles. The van der Waals surface area contributed by atoms with Crippen LogP contribution in [0, 0.1) is 12.8 Å². The Hall–Kier alpha value is -1.16. The Balaban J connectivity index is 2.32. The van der Waals surface area contributed by atoms with E-state index in [1.807, 2.05) is 6.92 Å². The Kier molecular flexibility index (Phi) is 5.19. The quantitative estimate of drug-likeness (QED) is 0.737.